The highest BCUT2D eigenvalue weighted by molar-refractivity contribution is 5.92. The molecule has 3 aromatic heterocycles. The fourth-order valence-corrected chi connectivity index (χ4v) is 4.53. The van der Waals surface area contributed by atoms with Crippen LogP contribution in [0.3, 0.4) is 0 Å². The van der Waals surface area contributed by atoms with E-state index < -0.39 is 0 Å². The molecule has 2 aliphatic heterocycles. The molecule has 154 valence electrons. The van der Waals surface area contributed by atoms with Crippen LogP contribution in [-0.2, 0) is 11.3 Å². The molecule has 2 aliphatic rings. The topological polar surface area (TPSA) is 91.4 Å². The van der Waals surface area contributed by atoms with E-state index in [1.54, 1.807) is 6.20 Å². The van der Waals surface area contributed by atoms with E-state index in [9.17, 15) is 5.26 Å². The zero-order valence-corrected chi connectivity index (χ0v) is 17.2. The maximum atomic E-state index is 9.32. The lowest BCUT2D eigenvalue weighted by Gasteiger charge is -2.55. The van der Waals surface area contributed by atoms with Crippen LogP contribution in [-0.4, -0.2) is 45.7 Å². The standard InChI is InChI=1S/C23H21N7O/c1-15-16(8-24)3-2-4-17(15)9-27-21-18-7-20(29-11-23(12-29)13-31-14-23)26-10-19(18)30-6-5-25-22(30)28-21/h2-7,10H,9,11-14H2,1H3,(H,25,27,28). The lowest BCUT2D eigenvalue weighted by Crippen LogP contribution is -2.66. The Bertz CT molecular complexity index is 1360. The zero-order chi connectivity index (χ0) is 21.0. The largest absolute Gasteiger partial charge is 0.380 e. The molecule has 6 rings (SSSR count). The van der Waals surface area contributed by atoms with Gasteiger partial charge in [0.2, 0.25) is 5.78 Å². The summed E-state index contributed by atoms with van der Waals surface area (Å²) in [5.41, 5.74) is 4.03. The first kappa shape index (κ1) is 18.1. The highest BCUT2D eigenvalue weighted by atomic mass is 16.5. The first-order chi connectivity index (χ1) is 15.2. The van der Waals surface area contributed by atoms with Gasteiger partial charge in [-0.15, -0.1) is 0 Å². The van der Waals surface area contributed by atoms with Gasteiger partial charge in [0.15, 0.2) is 0 Å². The normalized spacial score (nSPS) is 16.8. The van der Waals surface area contributed by atoms with Gasteiger partial charge in [0.05, 0.1) is 42.0 Å². The van der Waals surface area contributed by atoms with E-state index in [0.717, 1.165) is 60.0 Å². The van der Waals surface area contributed by atoms with Crippen molar-refractivity contribution in [2.24, 2.45) is 5.41 Å². The van der Waals surface area contributed by atoms with Crippen LogP contribution in [0.1, 0.15) is 16.7 Å². The predicted octanol–water partition coefficient (Wildman–Crippen LogP) is 2.91. The molecule has 0 bridgehead atoms. The Morgan fingerprint density at radius 1 is 1.26 bits per heavy atom. The molecule has 8 nitrogen and oxygen atoms in total. The van der Waals surface area contributed by atoms with E-state index in [1.807, 2.05) is 41.9 Å². The summed E-state index contributed by atoms with van der Waals surface area (Å²) in [5.74, 6) is 2.35. The maximum absolute atomic E-state index is 9.32. The molecular formula is C23H21N7O. The van der Waals surface area contributed by atoms with Gasteiger partial charge < -0.3 is 15.0 Å². The SMILES string of the molecule is Cc1c(C#N)cccc1CNc1nc2nccn2c2cnc(N3CC4(COC4)C3)cc12. The number of hydrogen-bond acceptors (Lipinski definition) is 7. The minimum absolute atomic E-state index is 0.327. The zero-order valence-electron chi connectivity index (χ0n) is 17.2. The van der Waals surface area contributed by atoms with Crippen molar-refractivity contribution in [2.45, 2.75) is 13.5 Å². The molecule has 4 aromatic rings. The first-order valence-electron chi connectivity index (χ1n) is 10.3. The summed E-state index contributed by atoms with van der Waals surface area (Å²) in [5, 5.41) is 13.8. The molecule has 0 unspecified atom stereocenters. The Morgan fingerprint density at radius 2 is 2.13 bits per heavy atom. The third kappa shape index (κ3) is 2.81. The smallest absolute Gasteiger partial charge is 0.236 e. The molecule has 1 spiro atoms. The minimum atomic E-state index is 0.327. The molecular weight excluding hydrogens is 390 g/mol. The molecule has 0 atom stereocenters. The van der Waals surface area contributed by atoms with Crippen molar-refractivity contribution in [1.82, 2.24) is 19.4 Å². The lowest BCUT2D eigenvalue weighted by atomic mass is 9.78. The van der Waals surface area contributed by atoms with E-state index in [2.05, 4.69) is 27.3 Å². The molecule has 1 N–H and O–H groups in total. The summed E-state index contributed by atoms with van der Waals surface area (Å²) in [7, 11) is 0. The van der Waals surface area contributed by atoms with E-state index in [-0.39, 0.29) is 0 Å². The number of aromatic nitrogens is 4. The van der Waals surface area contributed by atoms with Gasteiger partial charge in [-0.25, -0.2) is 9.97 Å². The maximum Gasteiger partial charge on any atom is 0.236 e. The van der Waals surface area contributed by atoms with Gasteiger partial charge in [-0.1, -0.05) is 12.1 Å². The number of hydrogen-bond donors (Lipinski definition) is 1. The molecule has 0 saturated carbocycles. The Morgan fingerprint density at radius 3 is 2.90 bits per heavy atom. The number of nitrogens with zero attached hydrogens (tertiary/aromatic N) is 6. The quantitative estimate of drug-likeness (QED) is 0.552. The van der Waals surface area contributed by atoms with Crippen molar-refractivity contribution in [3.63, 3.8) is 0 Å². The summed E-state index contributed by atoms with van der Waals surface area (Å²) in [6.07, 6.45) is 5.55. The van der Waals surface area contributed by atoms with Gasteiger partial charge in [0, 0.05) is 37.4 Å². The van der Waals surface area contributed by atoms with E-state index >= 15 is 0 Å². The second-order valence-corrected chi connectivity index (χ2v) is 8.52. The summed E-state index contributed by atoms with van der Waals surface area (Å²) < 4.78 is 7.35. The monoisotopic (exact) mass is 411 g/mol. The fraction of sp³-hybridized carbons (Fsp3) is 0.304. The summed E-state index contributed by atoms with van der Waals surface area (Å²) in [6.45, 7) is 6.21. The molecule has 31 heavy (non-hydrogen) atoms. The van der Waals surface area contributed by atoms with Crippen LogP contribution < -0.4 is 10.2 Å². The Kier molecular flexibility index (Phi) is 3.88. The van der Waals surface area contributed by atoms with E-state index in [4.69, 9.17) is 14.7 Å². The summed E-state index contributed by atoms with van der Waals surface area (Å²) >= 11 is 0. The summed E-state index contributed by atoms with van der Waals surface area (Å²) in [4.78, 5) is 16.1. The number of anilines is 2. The molecule has 0 amide bonds. The van der Waals surface area contributed by atoms with Gasteiger partial charge >= 0.3 is 0 Å². The average molecular weight is 411 g/mol. The van der Waals surface area contributed by atoms with Gasteiger partial charge in [-0.05, 0) is 30.2 Å². The van der Waals surface area contributed by atoms with Crippen molar-refractivity contribution >= 4 is 28.3 Å². The Balaban J connectivity index is 1.37. The van der Waals surface area contributed by atoms with Gasteiger partial charge in [0.1, 0.15) is 11.6 Å². The Labute approximate surface area is 179 Å². The van der Waals surface area contributed by atoms with Crippen LogP contribution in [0, 0.1) is 23.7 Å². The summed E-state index contributed by atoms with van der Waals surface area (Å²) in [6, 6.07) is 10.1. The molecule has 1 aromatic carbocycles. The number of benzene rings is 1. The third-order valence-corrected chi connectivity index (χ3v) is 6.42. The number of nitriles is 1. The van der Waals surface area contributed by atoms with Gasteiger partial charge in [0.25, 0.3) is 0 Å². The second-order valence-electron chi connectivity index (χ2n) is 8.52. The van der Waals surface area contributed by atoms with Crippen LogP contribution in [0.5, 0.6) is 0 Å². The van der Waals surface area contributed by atoms with Gasteiger partial charge in [-0.2, -0.15) is 10.2 Å². The molecule has 2 fully saturated rings. The van der Waals surface area contributed by atoms with E-state index in [1.165, 1.54) is 0 Å². The number of nitrogens with one attached hydrogen (secondary N) is 1. The predicted molar refractivity (Wildman–Crippen MR) is 117 cm³/mol. The molecule has 0 radical (unpaired) electrons. The van der Waals surface area contributed by atoms with Crippen LogP contribution in [0.4, 0.5) is 11.6 Å². The number of fused-ring (bicyclic) bond motifs is 3. The highest BCUT2D eigenvalue weighted by Crippen LogP contribution is 2.40. The highest BCUT2D eigenvalue weighted by Gasteiger charge is 2.49. The van der Waals surface area contributed by atoms with Crippen molar-refractivity contribution in [3.8, 4) is 6.07 Å². The number of rotatable bonds is 4. The van der Waals surface area contributed by atoms with Crippen molar-refractivity contribution in [2.75, 3.05) is 36.5 Å². The van der Waals surface area contributed by atoms with Crippen molar-refractivity contribution in [1.29, 1.82) is 5.26 Å². The number of ether oxygens (including phenoxy) is 1. The van der Waals surface area contributed by atoms with Gasteiger partial charge in [-0.3, -0.25) is 4.40 Å². The van der Waals surface area contributed by atoms with E-state index in [0.29, 0.717) is 23.3 Å². The number of pyridine rings is 1. The molecule has 0 aliphatic carbocycles. The van der Waals surface area contributed by atoms with Crippen LogP contribution in [0.15, 0.2) is 42.9 Å². The molecule has 5 heterocycles. The minimum Gasteiger partial charge on any atom is -0.380 e. The third-order valence-electron chi connectivity index (χ3n) is 6.42. The number of imidazole rings is 1. The van der Waals surface area contributed by atoms with Crippen molar-refractivity contribution < 1.29 is 4.74 Å². The fourth-order valence-electron chi connectivity index (χ4n) is 4.53. The lowest BCUT2D eigenvalue weighted by molar-refractivity contribution is -0.127. The van der Waals surface area contributed by atoms with Crippen LogP contribution in [0.25, 0.3) is 16.7 Å². The Hall–Kier alpha value is -3.70. The van der Waals surface area contributed by atoms with Crippen molar-refractivity contribution in [3.05, 3.63) is 59.5 Å². The molecule has 2 saturated heterocycles. The molecule has 8 heteroatoms. The average Bonchev–Trinajstić information content (AvgIpc) is 3.19. The van der Waals surface area contributed by atoms with Crippen LogP contribution in [0.2, 0.25) is 0 Å². The second kappa shape index (κ2) is 6.65. The van der Waals surface area contributed by atoms with Crippen LogP contribution >= 0.6 is 0 Å². The first-order valence-corrected chi connectivity index (χ1v) is 10.3.